The zero-order chi connectivity index (χ0) is 46.8. The van der Waals surface area contributed by atoms with Crippen molar-refractivity contribution in [2.75, 3.05) is 0 Å². The van der Waals surface area contributed by atoms with Gasteiger partial charge in [-0.3, -0.25) is 4.79 Å². The highest BCUT2D eigenvalue weighted by Gasteiger charge is 2.47. The maximum Gasteiger partial charge on any atom is 0.303 e. The normalized spacial score (nSPS) is 22.3. The Bertz CT molecular complexity index is 1220. The fourth-order valence-corrected chi connectivity index (χ4v) is 12.8. The van der Waals surface area contributed by atoms with Crippen molar-refractivity contribution in [1.29, 1.82) is 0 Å². The van der Waals surface area contributed by atoms with Crippen molar-refractivity contribution < 1.29 is 32.7 Å². The molecule has 0 bridgehead atoms. The Kier molecular flexibility index (Phi) is 25.3. The molecule has 62 heavy (non-hydrogen) atoms. The van der Waals surface area contributed by atoms with Crippen LogP contribution in [0.15, 0.2) is 0 Å². The quantitative estimate of drug-likeness (QED) is 0.0531. The molecule has 2 aliphatic rings. The average Bonchev–Trinajstić information content (AvgIpc) is 3.84. The molecule has 0 aliphatic carbocycles. The second-order valence-electron chi connectivity index (χ2n) is 24.5. The second-order valence-corrected chi connectivity index (χ2v) is 38.8. The predicted molar refractivity (Wildman–Crippen MR) is 272 cm³/mol. The first-order valence-corrected chi connectivity index (χ1v) is 35.0. The fraction of sp³-hybridized carbons (Fsp3) is 0.981. The van der Waals surface area contributed by atoms with Crippen molar-refractivity contribution in [2.24, 2.45) is 0 Å². The Morgan fingerprint density at radius 2 is 0.823 bits per heavy atom. The van der Waals surface area contributed by atoms with Gasteiger partial charge in [0.15, 0.2) is 25.0 Å². The van der Waals surface area contributed by atoms with E-state index in [1.807, 2.05) is 0 Å². The lowest BCUT2D eigenvalue weighted by atomic mass is 10.00. The van der Waals surface area contributed by atoms with Crippen LogP contribution < -0.4 is 0 Å². The summed E-state index contributed by atoms with van der Waals surface area (Å²) >= 11 is 0. The van der Waals surface area contributed by atoms with Crippen LogP contribution in [0, 0.1) is 0 Å². The van der Waals surface area contributed by atoms with E-state index >= 15 is 0 Å². The molecule has 0 saturated carbocycles. The first-order valence-electron chi connectivity index (χ1n) is 26.3. The first-order chi connectivity index (χ1) is 28.7. The van der Waals surface area contributed by atoms with Crippen LogP contribution in [0.3, 0.4) is 0 Å². The van der Waals surface area contributed by atoms with Crippen LogP contribution in [0.4, 0.5) is 0 Å². The summed E-state index contributed by atoms with van der Waals surface area (Å²) in [6.45, 7) is 37.4. The van der Waals surface area contributed by atoms with E-state index in [2.05, 4.69) is 109 Å². The van der Waals surface area contributed by atoms with Crippen LogP contribution in [-0.4, -0.2) is 78.8 Å². The molecular formula is C52H106O7Si3. The molecule has 7 atom stereocenters. The van der Waals surface area contributed by atoms with Crippen LogP contribution in [0.25, 0.3) is 0 Å². The van der Waals surface area contributed by atoms with Crippen molar-refractivity contribution in [3.05, 3.63) is 0 Å². The lowest BCUT2D eigenvalue weighted by molar-refractivity contribution is -0.137. The molecular weight excluding hydrogens is 821 g/mol. The number of carboxylic acid groups (broad SMARTS) is 1. The molecule has 0 aromatic rings. The van der Waals surface area contributed by atoms with E-state index in [0.717, 1.165) is 51.4 Å². The molecule has 0 amide bonds. The van der Waals surface area contributed by atoms with Crippen LogP contribution in [0.1, 0.15) is 230 Å². The van der Waals surface area contributed by atoms with E-state index in [0.29, 0.717) is 6.42 Å². The molecule has 0 radical (unpaired) electrons. The molecule has 2 fully saturated rings. The van der Waals surface area contributed by atoms with Crippen molar-refractivity contribution in [3.8, 4) is 0 Å². The molecule has 10 heteroatoms. The van der Waals surface area contributed by atoms with Gasteiger partial charge in [0.05, 0.1) is 36.6 Å². The molecule has 368 valence electrons. The molecule has 1 N–H and O–H groups in total. The van der Waals surface area contributed by atoms with Gasteiger partial charge >= 0.3 is 5.97 Å². The molecule has 0 spiro atoms. The molecule has 2 heterocycles. The maximum atomic E-state index is 11.3. The number of unbranched alkanes of at least 4 members (excludes halogenated alkanes) is 14. The highest BCUT2D eigenvalue weighted by Crippen LogP contribution is 2.43. The van der Waals surface area contributed by atoms with Gasteiger partial charge in [0, 0.05) is 12.5 Å². The van der Waals surface area contributed by atoms with Crippen LogP contribution in [0.5, 0.6) is 0 Å². The molecule has 0 aromatic heterocycles. The fourth-order valence-electron chi connectivity index (χ4n) is 8.62. The zero-order valence-corrected chi connectivity index (χ0v) is 47.1. The summed E-state index contributed by atoms with van der Waals surface area (Å²) < 4.78 is 35.1. The summed E-state index contributed by atoms with van der Waals surface area (Å²) in [5.74, 6) is -0.723. The Morgan fingerprint density at radius 1 is 0.500 bits per heavy atom. The Labute approximate surface area is 388 Å². The summed E-state index contributed by atoms with van der Waals surface area (Å²) in [7, 11) is -5.84. The number of rotatable bonds is 32. The minimum Gasteiger partial charge on any atom is -0.481 e. The third kappa shape index (κ3) is 20.8. The van der Waals surface area contributed by atoms with Gasteiger partial charge in [0.25, 0.3) is 0 Å². The summed E-state index contributed by atoms with van der Waals surface area (Å²) in [5, 5.41) is 9.79. The van der Waals surface area contributed by atoms with Gasteiger partial charge in [0.1, 0.15) is 0 Å². The first kappa shape index (κ1) is 58.0. The Morgan fingerprint density at radius 3 is 1.16 bits per heavy atom. The number of carbonyl (C=O) groups is 1. The minimum atomic E-state index is -1.98. The molecule has 2 saturated heterocycles. The van der Waals surface area contributed by atoms with Gasteiger partial charge in [-0.05, 0) is 106 Å². The van der Waals surface area contributed by atoms with Gasteiger partial charge in [-0.15, -0.1) is 0 Å². The smallest absolute Gasteiger partial charge is 0.303 e. The summed E-state index contributed by atoms with van der Waals surface area (Å²) in [6, 6.07) is 0. The van der Waals surface area contributed by atoms with Gasteiger partial charge in [-0.2, -0.15) is 0 Å². The van der Waals surface area contributed by atoms with Crippen molar-refractivity contribution in [2.45, 2.75) is 327 Å². The molecule has 2 rings (SSSR count). The van der Waals surface area contributed by atoms with E-state index in [1.54, 1.807) is 0 Å². The summed E-state index contributed by atoms with van der Waals surface area (Å²) in [5.41, 5.74) is 0. The highest BCUT2D eigenvalue weighted by atomic mass is 28.4. The van der Waals surface area contributed by atoms with Gasteiger partial charge in [0.2, 0.25) is 0 Å². The Balaban J connectivity index is 1.90. The second kappa shape index (κ2) is 27.1. The van der Waals surface area contributed by atoms with E-state index in [-0.39, 0.29) is 64.3 Å². The monoisotopic (exact) mass is 927 g/mol. The number of hydrogen-bond acceptors (Lipinski definition) is 6. The number of carboxylic acids is 1. The molecule has 2 aliphatic heterocycles. The lowest BCUT2D eigenvalue weighted by Crippen LogP contribution is -2.47. The SMILES string of the molecule is CCCCCCCCCC[C@H](O[Si](C)(C)C(C)(C)C)[C@H]1CC[C@@H]([C@@H]2CC[C@H]([C@@H](CCCCCCCCCC[C@H](CCC(=O)O)O[Si](C)(C)C(C)(C)C)O[Si](C)(C)C(C)(C)C)O2)O1. The van der Waals surface area contributed by atoms with Crippen molar-refractivity contribution in [3.63, 3.8) is 0 Å². The number of aliphatic carboxylic acids is 1. The largest absolute Gasteiger partial charge is 0.481 e. The predicted octanol–water partition coefficient (Wildman–Crippen LogP) is 16.5. The highest BCUT2D eigenvalue weighted by molar-refractivity contribution is 6.75. The Hall–Kier alpha value is -0.0794. The van der Waals surface area contributed by atoms with Gasteiger partial charge in [-0.1, -0.05) is 172 Å². The van der Waals surface area contributed by atoms with Crippen LogP contribution >= 0.6 is 0 Å². The number of hydrogen-bond donors (Lipinski definition) is 1. The topological polar surface area (TPSA) is 83.5 Å². The lowest BCUT2D eigenvalue weighted by Gasteiger charge is -2.41. The minimum absolute atomic E-state index is 0.0592. The average molecular weight is 928 g/mol. The van der Waals surface area contributed by atoms with E-state index < -0.39 is 30.9 Å². The molecule has 7 nitrogen and oxygen atoms in total. The zero-order valence-electron chi connectivity index (χ0n) is 44.1. The van der Waals surface area contributed by atoms with Gasteiger partial charge in [-0.25, -0.2) is 0 Å². The summed E-state index contributed by atoms with van der Waals surface area (Å²) in [4.78, 5) is 11.3. The van der Waals surface area contributed by atoms with E-state index in [9.17, 15) is 9.90 Å². The standard InChI is InChI=1S/C52H106O7Si3/c1-17-18-19-20-21-25-28-31-34-47(58-61(13,14)51(5,6)7)45-39-37-43(55-45)44-38-40-46(56-44)48(59-62(15,16)52(8,9)10)35-32-29-26-23-22-24-27-30-33-42(36-41-49(53)54)57-60(11,12)50(2,3)4/h42-48H,17-41H2,1-16H3,(H,53,54)/t42-,43+,44+,45-,46-,47+,48-/m1/s1. The van der Waals surface area contributed by atoms with E-state index in [4.69, 9.17) is 22.8 Å². The maximum absolute atomic E-state index is 11.3. The van der Waals surface area contributed by atoms with Crippen molar-refractivity contribution >= 4 is 30.9 Å². The van der Waals surface area contributed by atoms with Crippen LogP contribution in [0.2, 0.25) is 54.4 Å². The number of ether oxygens (including phenoxy) is 2. The summed E-state index contributed by atoms with van der Waals surface area (Å²) in [6.07, 6.45) is 29.8. The van der Waals surface area contributed by atoms with Gasteiger partial charge < -0.3 is 27.9 Å². The van der Waals surface area contributed by atoms with E-state index in [1.165, 1.54) is 96.3 Å². The molecule has 0 unspecified atom stereocenters. The molecule has 0 aromatic carbocycles. The third-order valence-corrected chi connectivity index (χ3v) is 29.5. The van der Waals surface area contributed by atoms with Crippen LogP contribution in [-0.2, 0) is 27.5 Å². The van der Waals surface area contributed by atoms with Crippen molar-refractivity contribution in [1.82, 2.24) is 0 Å². The third-order valence-electron chi connectivity index (χ3n) is 16.0.